The summed E-state index contributed by atoms with van der Waals surface area (Å²) in [6, 6.07) is 8.59. The summed E-state index contributed by atoms with van der Waals surface area (Å²) in [5.74, 6) is 0. The Bertz CT molecular complexity index is 498. The topological polar surface area (TPSA) is 24.9 Å². The molecular formula is C18H31BN2O2. The molecule has 1 fully saturated rings. The van der Waals surface area contributed by atoms with Gasteiger partial charge in [-0.2, -0.15) is 0 Å². The van der Waals surface area contributed by atoms with Crippen LogP contribution in [0.2, 0.25) is 0 Å². The van der Waals surface area contributed by atoms with Crippen LogP contribution in [0.15, 0.2) is 24.3 Å². The molecular weight excluding hydrogens is 287 g/mol. The third-order valence-electron chi connectivity index (χ3n) is 4.89. The van der Waals surface area contributed by atoms with Gasteiger partial charge in [-0.15, -0.1) is 0 Å². The minimum Gasteiger partial charge on any atom is -0.399 e. The van der Waals surface area contributed by atoms with E-state index in [-0.39, 0.29) is 18.3 Å². The Kier molecular flexibility index (Phi) is 5.57. The third kappa shape index (κ3) is 4.57. The van der Waals surface area contributed by atoms with Crippen molar-refractivity contribution in [2.24, 2.45) is 0 Å². The molecule has 1 aliphatic rings. The molecule has 1 aromatic carbocycles. The van der Waals surface area contributed by atoms with Crippen LogP contribution in [0.25, 0.3) is 0 Å². The maximum atomic E-state index is 6.10. The molecule has 128 valence electrons. The van der Waals surface area contributed by atoms with E-state index in [9.17, 15) is 0 Å². The first-order valence-corrected chi connectivity index (χ1v) is 8.38. The number of rotatable bonds is 6. The molecule has 0 atom stereocenters. The highest BCUT2D eigenvalue weighted by Crippen LogP contribution is 2.36. The van der Waals surface area contributed by atoms with Gasteiger partial charge in [-0.05, 0) is 59.9 Å². The lowest BCUT2D eigenvalue weighted by atomic mass is 9.79. The van der Waals surface area contributed by atoms with E-state index in [0.717, 1.165) is 25.1 Å². The summed E-state index contributed by atoms with van der Waals surface area (Å²) < 4.78 is 12.2. The van der Waals surface area contributed by atoms with Gasteiger partial charge >= 0.3 is 7.12 Å². The summed E-state index contributed by atoms with van der Waals surface area (Å²) in [5.41, 5.74) is 1.82. The van der Waals surface area contributed by atoms with E-state index in [2.05, 4.69) is 82.9 Å². The molecule has 1 aliphatic heterocycles. The van der Waals surface area contributed by atoms with Gasteiger partial charge in [0.05, 0.1) is 11.2 Å². The highest BCUT2D eigenvalue weighted by molar-refractivity contribution is 6.62. The average Bonchev–Trinajstić information content (AvgIpc) is 2.66. The van der Waals surface area contributed by atoms with Crippen LogP contribution < -0.4 is 5.46 Å². The van der Waals surface area contributed by atoms with Gasteiger partial charge in [0.2, 0.25) is 0 Å². The largest absolute Gasteiger partial charge is 0.494 e. The predicted octanol–water partition coefficient (Wildman–Crippen LogP) is 1.98. The summed E-state index contributed by atoms with van der Waals surface area (Å²) in [6.07, 6.45) is 0. The van der Waals surface area contributed by atoms with Gasteiger partial charge < -0.3 is 19.1 Å². The summed E-state index contributed by atoms with van der Waals surface area (Å²) >= 11 is 0. The number of likely N-dealkylation sites (N-methyl/N-ethyl adjacent to an activating group) is 2. The zero-order chi connectivity index (χ0) is 17.3. The van der Waals surface area contributed by atoms with Crippen molar-refractivity contribution in [3.05, 3.63) is 29.8 Å². The molecule has 0 aromatic heterocycles. The zero-order valence-electron chi connectivity index (χ0n) is 15.7. The van der Waals surface area contributed by atoms with Crippen LogP contribution in [0.4, 0.5) is 0 Å². The van der Waals surface area contributed by atoms with Crippen molar-refractivity contribution >= 4 is 12.6 Å². The molecule has 0 unspecified atom stereocenters. The van der Waals surface area contributed by atoms with Crippen molar-refractivity contribution in [1.82, 2.24) is 9.80 Å². The lowest BCUT2D eigenvalue weighted by Crippen LogP contribution is -2.41. The standard InChI is InChI=1S/C18H31BN2O2/c1-17(2)18(3,4)23-19(22-17)16-10-8-15(9-11-16)14-21(7)13-12-20(5)6/h8-11H,12-14H2,1-7H3. The lowest BCUT2D eigenvalue weighted by Gasteiger charge is -2.32. The third-order valence-corrected chi connectivity index (χ3v) is 4.89. The van der Waals surface area contributed by atoms with Crippen molar-refractivity contribution in [3.63, 3.8) is 0 Å². The predicted molar refractivity (Wildman–Crippen MR) is 97.0 cm³/mol. The Balaban J connectivity index is 1.95. The maximum absolute atomic E-state index is 6.10. The van der Waals surface area contributed by atoms with Crippen LogP contribution in [0.1, 0.15) is 33.3 Å². The summed E-state index contributed by atoms with van der Waals surface area (Å²) in [5, 5.41) is 0. The number of hydrogen-bond acceptors (Lipinski definition) is 4. The quantitative estimate of drug-likeness (QED) is 0.749. The van der Waals surface area contributed by atoms with Crippen molar-refractivity contribution in [2.75, 3.05) is 34.2 Å². The lowest BCUT2D eigenvalue weighted by molar-refractivity contribution is 0.00578. The van der Waals surface area contributed by atoms with E-state index in [0.29, 0.717) is 0 Å². The second-order valence-electron chi connectivity index (χ2n) is 7.87. The van der Waals surface area contributed by atoms with Gasteiger partial charge in [0.1, 0.15) is 0 Å². The Morgan fingerprint density at radius 1 is 0.870 bits per heavy atom. The highest BCUT2D eigenvalue weighted by Gasteiger charge is 2.51. The van der Waals surface area contributed by atoms with Gasteiger partial charge in [-0.25, -0.2) is 0 Å². The van der Waals surface area contributed by atoms with E-state index in [1.165, 1.54) is 5.56 Å². The molecule has 1 aromatic rings. The molecule has 4 nitrogen and oxygen atoms in total. The van der Waals surface area contributed by atoms with E-state index in [1.807, 2.05) is 0 Å². The summed E-state index contributed by atoms with van der Waals surface area (Å²) in [4.78, 5) is 4.54. The average molecular weight is 318 g/mol. The summed E-state index contributed by atoms with van der Waals surface area (Å²) in [6.45, 7) is 11.4. The molecule has 0 amide bonds. The van der Waals surface area contributed by atoms with Gasteiger partial charge in [0, 0.05) is 19.6 Å². The van der Waals surface area contributed by atoms with Crippen molar-refractivity contribution in [2.45, 2.75) is 45.4 Å². The molecule has 2 rings (SSSR count). The fraction of sp³-hybridized carbons (Fsp3) is 0.667. The van der Waals surface area contributed by atoms with Crippen molar-refractivity contribution < 1.29 is 9.31 Å². The Labute approximate surface area is 141 Å². The van der Waals surface area contributed by atoms with Gasteiger partial charge in [0.25, 0.3) is 0 Å². The molecule has 1 saturated heterocycles. The molecule has 0 N–H and O–H groups in total. The normalized spacial score (nSPS) is 19.8. The van der Waals surface area contributed by atoms with Crippen LogP contribution in [0.3, 0.4) is 0 Å². The second kappa shape index (κ2) is 6.93. The highest BCUT2D eigenvalue weighted by atomic mass is 16.7. The fourth-order valence-electron chi connectivity index (χ4n) is 2.52. The first-order chi connectivity index (χ1) is 10.6. The Morgan fingerprint density at radius 2 is 1.39 bits per heavy atom. The smallest absolute Gasteiger partial charge is 0.399 e. The molecule has 0 aliphatic carbocycles. The monoisotopic (exact) mass is 318 g/mol. The molecule has 23 heavy (non-hydrogen) atoms. The first kappa shape index (κ1) is 18.5. The minimum atomic E-state index is -0.289. The molecule has 0 radical (unpaired) electrons. The van der Waals surface area contributed by atoms with Crippen LogP contribution in [-0.4, -0.2) is 62.4 Å². The van der Waals surface area contributed by atoms with Crippen molar-refractivity contribution in [1.29, 1.82) is 0 Å². The number of benzene rings is 1. The molecule has 0 spiro atoms. The van der Waals surface area contributed by atoms with Crippen LogP contribution in [0, 0.1) is 0 Å². The maximum Gasteiger partial charge on any atom is 0.494 e. The molecule has 0 saturated carbocycles. The van der Waals surface area contributed by atoms with E-state index in [4.69, 9.17) is 9.31 Å². The Hall–Kier alpha value is -0.875. The van der Waals surface area contributed by atoms with Crippen molar-refractivity contribution in [3.8, 4) is 0 Å². The van der Waals surface area contributed by atoms with Gasteiger partial charge in [0.15, 0.2) is 0 Å². The SMILES string of the molecule is CN(C)CCN(C)Cc1ccc(B2OC(C)(C)C(C)(C)O2)cc1. The van der Waals surface area contributed by atoms with Crippen LogP contribution >= 0.6 is 0 Å². The van der Waals surface area contributed by atoms with E-state index in [1.54, 1.807) is 0 Å². The van der Waals surface area contributed by atoms with Gasteiger partial charge in [-0.3, -0.25) is 0 Å². The first-order valence-electron chi connectivity index (χ1n) is 8.38. The van der Waals surface area contributed by atoms with E-state index >= 15 is 0 Å². The fourth-order valence-corrected chi connectivity index (χ4v) is 2.52. The van der Waals surface area contributed by atoms with E-state index < -0.39 is 0 Å². The molecule has 1 heterocycles. The minimum absolute atomic E-state index is 0.277. The number of hydrogen-bond donors (Lipinski definition) is 0. The van der Waals surface area contributed by atoms with Crippen LogP contribution in [0.5, 0.6) is 0 Å². The zero-order valence-corrected chi connectivity index (χ0v) is 15.7. The van der Waals surface area contributed by atoms with Gasteiger partial charge in [-0.1, -0.05) is 24.3 Å². The van der Waals surface area contributed by atoms with Crippen LogP contribution in [-0.2, 0) is 15.9 Å². The molecule has 5 heteroatoms. The summed E-state index contributed by atoms with van der Waals surface area (Å²) in [7, 11) is 6.09. The molecule has 0 bridgehead atoms. The number of nitrogens with zero attached hydrogens (tertiary/aromatic N) is 2. The second-order valence-corrected chi connectivity index (χ2v) is 7.87. The Morgan fingerprint density at radius 3 is 1.87 bits per heavy atom.